The largest absolute Gasteiger partial charge is 0.438 e. The van der Waals surface area contributed by atoms with E-state index in [4.69, 9.17) is 16.3 Å². The topological polar surface area (TPSA) is 52.3 Å². The fraction of sp³-hybridized carbons (Fsp3) is 0.0833. The molecule has 0 aliphatic carbocycles. The van der Waals surface area contributed by atoms with Gasteiger partial charge in [0.25, 0.3) is 5.78 Å². The molecule has 0 bridgehead atoms. The summed E-state index contributed by atoms with van der Waals surface area (Å²) in [5.74, 6) is 0.887. The Morgan fingerprint density at radius 3 is 2.74 bits per heavy atom. The Morgan fingerprint density at radius 2 is 2.00 bits per heavy atom. The molecule has 5 nitrogen and oxygen atoms in total. The molecule has 0 atom stereocenters. The lowest BCUT2D eigenvalue weighted by Gasteiger charge is -2.10. The van der Waals surface area contributed by atoms with Gasteiger partial charge in [0.05, 0.1) is 0 Å². The monoisotopic (exact) mass is 278 g/mol. The summed E-state index contributed by atoms with van der Waals surface area (Å²) in [6.07, 6.45) is 1.36. The first-order valence-corrected chi connectivity index (χ1v) is 5.82. The van der Waals surface area contributed by atoms with E-state index in [1.165, 1.54) is 35.1 Å². The predicted molar refractivity (Wildman–Crippen MR) is 67.0 cm³/mol. The summed E-state index contributed by atoms with van der Waals surface area (Å²) in [6.45, 7) is 1.76. The van der Waals surface area contributed by atoms with Gasteiger partial charge in [0.1, 0.15) is 23.0 Å². The van der Waals surface area contributed by atoms with Crippen LogP contribution >= 0.6 is 11.6 Å². The highest BCUT2D eigenvalue weighted by Crippen LogP contribution is 2.28. The van der Waals surface area contributed by atoms with E-state index in [0.29, 0.717) is 23.0 Å². The molecule has 1 aromatic carbocycles. The summed E-state index contributed by atoms with van der Waals surface area (Å²) in [5, 5.41) is 4.31. The van der Waals surface area contributed by atoms with Crippen LogP contribution in [0.4, 0.5) is 4.39 Å². The van der Waals surface area contributed by atoms with Gasteiger partial charge in [-0.1, -0.05) is 11.6 Å². The molecule has 0 amide bonds. The second kappa shape index (κ2) is 4.47. The van der Waals surface area contributed by atoms with Crippen molar-refractivity contribution in [3.63, 3.8) is 0 Å². The molecule has 96 valence electrons. The Bertz CT molecular complexity index is 741. The molecule has 2 heterocycles. The summed E-state index contributed by atoms with van der Waals surface area (Å²) in [7, 11) is 0. The van der Waals surface area contributed by atoms with Crippen LogP contribution in [0.15, 0.2) is 30.6 Å². The molecule has 0 saturated heterocycles. The zero-order chi connectivity index (χ0) is 13.4. The number of fused-ring (bicyclic) bond motifs is 1. The third-order valence-corrected chi connectivity index (χ3v) is 2.95. The first-order chi connectivity index (χ1) is 9.15. The number of ether oxygens (including phenoxy) is 1. The van der Waals surface area contributed by atoms with E-state index in [1.807, 2.05) is 0 Å². The van der Waals surface area contributed by atoms with Gasteiger partial charge < -0.3 is 4.74 Å². The van der Waals surface area contributed by atoms with Crippen molar-refractivity contribution in [2.45, 2.75) is 6.92 Å². The first kappa shape index (κ1) is 11.9. The van der Waals surface area contributed by atoms with Crippen LogP contribution in [0.2, 0.25) is 5.15 Å². The lowest BCUT2D eigenvalue weighted by atomic mass is 10.3. The molecule has 0 aliphatic rings. The molecule has 2 aromatic heterocycles. The SMILES string of the molecule is Cc1c(Cl)nc2ncnn2c1Oc1ccc(F)cc1. The minimum Gasteiger partial charge on any atom is -0.438 e. The van der Waals surface area contributed by atoms with Crippen molar-refractivity contribution in [3.05, 3.63) is 47.1 Å². The van der Waals surface area contributed by atoms with Crippen molar-refractivity contribution in [3.8, 4) is 11.6 Å². The number of hydrogen-bond acceptors (Lipinski definition) is 4. The number of aromatic nitrogens is 4. The van der Waals surface area contributed by atoms with Gasteiger partial charge >= 0.3 is 0 Å². The van der Waals surface area contributed by atoms with Gasteiger partial charge in [0, 0.05) is 5.56 Å². The van der Waals surface area contributed by atoms with E-state index in [2.05, 4.69) is 15.1 Å². The highest BCUT2D eigenvalue weighted by Gasteiger charge is 2.14. The van der Waals surface area contributed by atoms with E-state index in [-0.39, 0.29) is 11.0 Å². The Balaban J connectivity index is 2.11. The van der Waals surface area contributed by atoms with Gasteiger partial charge in [-0.2, -0.15) is 19.6 Å². The van der Waals surface area contributed by atoms with Crippen LogP contribution < -0.4 is 4.74 Å². The molecule has 3 aromatic rings. The maximum atomic E-state index is 12.9. The maximum Gasteiger partial charge on any atom is 0.256 e. The zero-order valence-corrected chi connectivity index (χ0v) is 10.6. The molecule has 0 radical (unpaired) electrons. The fourth-order valence-corrected chi connectivity index (χ4v) is 1.76. The van der Waals surface area contributed by atoms with Crippen LogP contribution in [-0.4, -0.2) is 19.6 Å². The van der Waals surface area contributed by atoms with Crippen molar-refractivity contribution < 1.29 is 9.13 Å². The lowest BCUT2D eigenvalue weighted by molar-refractivity contribution is 0.440. The first-order valence-electron chi connectivity index (χ1n) is 5.44. The smallest absolute Gasteiger partial charge is 0.256 e. The Morgan fingerprint density at radius 1 is 1.26 bits per heavy atom. The number of halogens is 2. The van der Waals surface area contributed by atoms with Gasteiger partial charge in [0.15, 0.2) is 0 Å². The molecular weight excluding hydrogens is 271 g/mol. The minimum absolute atomic E-state index is 0.289. The van der Waals surface area contributed by atoms with Gasteiger partial charge in [0.2, 0.25) is 5.88 Å². The van der Waals surface area contributed by atoms with Crippen LogP contribution in [0.1, 0.15) is 5.56 Å². The van der Waals surface area contributed by atoms with E-state index in [1.54, 1.807) is 6.92 Å². The Labute approximate surface area is 112 Å². The summed E-state index contributed by atoms with van der Waals surface area (Å²) >= 11 is 6.01. The summed E-state index contributed by atoms with van der Waals surface area (Å²) in [4.78, 5) is 8.02. The van der Waals surface area contributed by atoms with E-state index in [0.717, 1.165) is 0 Å². The number of hydrogen-bond donors (Lipinski definition) is 0. The molecule has 0 spiro atoms. The van der Waals surface area contributed by atoms with E-state index >= 15 is 0 Å². The average Bonchev–Trinajstić information content (AvgIpc) is 2.85. The molecule has 19 heavy (non-hydrogen) atoms. The summed E-state index contributed by atoms with van der Waals surface area (Å²) < 4.78 is 20.0. The molecular formula is C12H8ClFN4O. The van der Waals surface area contributed by atoms with E-state index < -0.39 is 0 Å². The van der Waals surface area contributed by atoms with Gasteiger partial charge in [-0.3, -0.25) is 0 Å². The average molecular weight is 279 g/mol. The molecule has 0 aliphatic heterocycles. The van der Waals surface area contributed by atoms with Crippen molar-refractivity contribution in [2.75, 3.05) is 0 Å². The summed E-state index contributed by atoms with van der Waals surface area (Å²) in [5.41, 5.74) is 0.629. The zero-order valence-electron chi connectivity index (χ0n) is 9.84. The highest BCUT2D eigenvalue weighted by molar-refractivity contribution is 6.30. The van der Waals surface area contributed by atoms with Crippen LogP contribution in [0.5, 0.6) is 11.6 Å². The Kier molecular flexibility index (Phi) is 2.79. The van der Waals surface area contributed by atoms with E-state index in [9.17, 15) is 4.39 Å². The Hall–Kier alpha value is -2.21. The van der Waals surface area contributed by atoms with Gasteiger partial charge in [-0.05, 0) is 31.2 Å². The number of rotatable bonds is 2. The predicted octanol–water partition coefficient (Wildman–Crippen LogP) is 3.02. The van der Waals surface area contributed by atoms with Gasteiger partial charge in [-0.15, -0.1) is 0 Å². The van der Waals surface area contributed by atoms with Crippen LogP contribution in [0, 0.1) is 12.7 Å². The van der Waals surface area contributed by atoms with Crippen LogP contribution in [-0.2, 0) is 0 Å². The molecule has 0 unspecified atom stereocenters. The maximum absolute atomic E-state index is 12.9. The van der Waals surface area contributed by atoms with Crippen molar-refractivity contribution in [1.29, 1.82) is 0 Å². The standard InChI is InChI=1S/C12H8ClFN4O/c1-7-10(13)17-12-15-6-16-18(12)11(7)19-9-4-2-8(14)3-5-9/h2-6H,1H3. The second-order valence-electron chi connectivity index (χ2n) is 3.86. The fourth-order valence-electron chi connectivity index (χ4n) is 1.61. The summed E-state index contributed by atoms with van der Waals surface area (Å²) in [6, 6.07) is 5.66. The number of nitrogens with zero attached hydrogens (tertiary/aromatic N) is 4. The molecule has 7 heteroatoms. The molecule has 0 saturated carbocycles. The number of benzene rings is 1. The molecule has 0 N–H and O–H groups in total. The van der Waals surface area contributed by atoms with Gasteiger partial charge in [-0.25, -0.2) is 4.39 Å². The van der Waals surface area contributed by atoms with Crippen molar-refractivity contribution in [1.82, 2.24) is 19.6 Å². The third kappa shape index (κ3) is 2.10. The van der Waals surface area contributed by atoms with Crippen LogP contribution in [0.25, 0.3) is 5.78 Å². The van der Waals surface area contributed by atoms with Crippen molar-refractivity contribution >= 4 is 17.4 Å². The third-order valence-electron chi connectivity index (χ3n) is 2.58. The highest BCUT2D eigenvalue weighted by atomic mass is 35.5. The van der Waals surface area contributed by atoms with Crippen molar-refractivity contribution in [2.24, 2.45) is 0 Å². The normalized spacial score (nSPS) is 10.9. The molecule has 3 rings (SSSR count). The minimum atomic E-state index is -0.331. The molecule has 0 fully saturated rings. The van der Waals surface area contributed by atoms with Crippen LogP contribution in [0.3, 0.4) is 0 Å². The lowest BCUT2D eigenvalue weighted by Crippen LogP contribution is -2.01. The quantitative estimate of drug-likeness (QED) is 0.676. The second-order valence-corrected chi connectivity index (χ2v) is 4.22.